The first-order chi connectivity index (χ1) is 10.1. The quantitative estimate of drug-likeness (QED) is 0.675. The molecule has 1 aromatic rings. The SMILES string of the molecule is CC1CCCN(C(N)=NCc2cc(Cl)cc3c2OCC3)C1. The molecule has 1 aromatic carbocycles. The van der Waals surface area contributed by atoms with Gasteiger partial charge < -0.3 is 15.4 Å². The zero-order chi connectivity index (χ0) is 14.8. The Morgan fingerprint density at radius 3 is 3.19 bits per heavy atom. The Morgan fingerprint density at radius 2 is 2.38 bits per heavy atom. The van der Waals surface area contributed by atoms with Gasteiger partial charge in [0.1, 0.15) is 5.75 Å². The zero-order valence-electron chi connectivity index (χ0n) is 12.4. The van der Waals surface area contributed by atoms with Crippen LogP contribution in [0.25, 0.3) is 0 Å². The number of aliphatic imine (C=N–C) groups is 1. The van der Waals surface area contributed by atoms with Crippen LogP contribution in [0.1, 0.15) is 30.9 Å². The van der Waals surface area contributed by atoms with Crippen molar-refractivity contribution in [3.63, 3.8) is 0 Å². The molecule has 4 nitrogen and oxygen atoms in total. The molecule has 0 spiro atoms. The molecule has 114 valence electrons. The van der Waals surface area contributed by atoms with Crippen LogP contribution in [0.5, 0.6) is 5.75 Å². The Balaban J connectivity index is 1.73. The number of ether oxygens (including phenoxy) is 1. The molecule has 1 fully saturated rings. The van der Waals surface area contributed by atoms with Crippen molar-refractivity contribution in [2.45, 2.75) is 32.7 Å². The van der Waals surface area contributed by atoms with Gasteiger partial charge in [-0.15, -0.1) is 0 Å². The van der Waals surface area contributed by atoms with Crippen molar-refractivity contribution >= 4 is 17.6 Å². The molecule has 3 rings (SSSR count). The average molecular weight is 308 g/mol. The first kappa shape index (κ1) is 14.5. The molecule has 2 N–H and O–H groups in total. The molecule has 5 heteroatoms. The minimum atomic E-state index is 0.527. The van der Waals surface area contributed by atoms with Crippen molar-refractivity contribution in [1.82, 2.24) is 4.90 Å². The Morgan fingerprint density at radius 1 is 1.52 bits per heavy atom. The fourth-order valence-corrected chi connectivity index (χ4v) is 3.39. The van der Waals surface area contributed by atoms with E-state index in [1.54, 1.807) is 0 Å². The number of benzene rings is 1. The second-order valence-corrected chi connectivity index (χ2v) is 6.46. The van der Waals surface area contributed by atoms with Crippen LogP contribution >= 0.6 is 11.6 Å². The summed E-state index contributed by atoms with van der Waals surface area (Å²) in [5.74, 6) is 2.27. The van der Waals surface area contributed by atoms with E-state index >= 15 is 0 Å². The number of rotatable bonds is 2. The highest BCUT2D eigenvalue weighted by Crippen LogP contribution is 2.33. The van der Waals surface area contributed by atoms with E-state index in [2.05, 4.69) is 16.8 Å². The van der Waals surface area contributed by atoms with Gasteiger partial charge in [0, 0.05) is 30.1 Å². The summed E-state index contributed by atoms with van der Waals surface area (Å²) in [7, 11) is 0. The van der Waals surface area contributed by atoms with E-state index in [1.165, 1.54) is 18.4 Å². The van der Waals surface area contributed by atoms with E-state index in [1.807, 2.05) is 12.1 Å². The van der Waals surface area contributed by atoms with E-state index in [0.29, 0.717) is 18.4 Å². The second kappa shape index (κ2) is 6.14. The lowest BCUT2D eigenvalue weighted by Gasteiger charge is -2.31. The molecule has 21 heavy (non-hydrogen) atoms. The highest BCUT2D eigenvalue weighted by atomic mass is 35.5. The monoisotopic (exact) mass is 307 g/mol. The van der Waals surface area contributed by atoms with Crippen LogP contribution in [-0.4, -0.2) is 30.6 Å². The first-order valence-corrected chi connectivity index (χ1v) is 8.00. The van der Waals surface area contributed by atoms with Crippen LogP contribution in [0.2, 0.25) is 5.02 Å². The smallest absolute Gasteiger partial charge is 0.191 e. The number of guanidine groups is 1. The molecule has 0 radical (unpaired) electrons. The van der Waals surface area contributed by atoms with Crippen LogP contribution < -0.4 is 10.5 Å². The summed E-state index contributed by atoms with van der Waals surface area (Å²) in [6.07, 6.45) is 3.39. The number of hydrogen-bond donors (Lipinski definition) is 1. The van der Waals surface area contributed by atoms with Crippen molar-refractivity contribution < 1.29 is 4.74 Å². The van der Waals surface area contributed by atoms with Crippen LogP contribution in [0.3, 0.4) is 0 Å². The third-order valence-corrected chi connectivity index (χ3v) is 4.44. The molecule has 1 saturated heterocycles. The zero-order valence-corrected chi connectivity index (χ0v) is 13.2. The lowest BCUT2D eigenvalue weighted by molar-refractivity contribution is 0.270. The van der Waals surface area contributed by atoms with Crippen LogP contribution in [0.4, 0.5) is 0 Å². The maximum absolute atomic E-state index is 6.17. The van der Waals surface area contributed by atoms with Crippen molar-refractivity contribution in [1.29, 1.82) is 0 Å². The molecule has 0 bridgehead atoms. The van der Waals surface area contributed by atoms with Gasteiger partial charge in [-0.05, 0) is 36.5 Å². The van der Waals surface area contributed by atoms with Gasteiger partial charge in [-0.1, -0.05) is 18.5 Å². The topological polar surface area (TPSA) is 50.8 Å². The Labute approximate surface area is 130 Å². The average Bonchev–Trinajstić information content (AvgIpc) is 2.92. The molecular weight excluding hydrogens is 286 g/mol. The molecule has 1 atom stereocenters. The minimum Gasteiger partial charge on any atom is -0.493 e. The Kier molecular flexibility index (Phi) is 4.24. The van der Waals surface area contributed by atoms with Gasteiger partial charge >= 0.3 is 0 Å². The van der Waals surface area contributed by atoms with Crippen LogP contribution in [0, 0.1) is 5.92 Å². The number of hydrogen-bond acceptors (Lipinski definition) is 2. The lowest BCUT2D eigenvalue weighted by Crippen LogP contribution is -2.43. The summed E-state index contributed by atoms with van der Waals surface area (Å²) in [4.78, 5) is 6.73. The van der Waals surface area contributed by atoms with Crippen molar-refractivity contribution in [2.24, 2.45) is 16.6 Å². The maximum Gasteiger partial charge on any atom is 0.191 e. The number of piperidine rings is 1. The van der Waals surface area contributed by atoms with E-state index < -0.39 is 0 Å². The van der Waals surface area contributed by atoms with Gasteiger partial charge in [-0.2, -0.15) is 0 Å². The Hall–Kier alpha value is -1.42. The van der Waals surface area contributed by atoms with Crippen molar-refractivity contribution in [3.05, 3.63) is 28.3 Å². The van der Waals surface area contributed by atoms with Gasteiger partial charge in [-0.3, -0.25) is 0 Å². The standard InChI is InChI=1S/C16H22ClN3O/c1-11-3-2-5-20(10-11)16(18)19-9-13-8-14(17)7-12-4-6-21-15(12)13/h7-8,11H,2-6,9-10H2,1H3,(H2,18,19). The molecule has 2 heterocycles. The molecule has 0 saturated carbocycles. The van der Waals surface area contributed by atoms with E-state index in [0.717, 1.165) is 42.5 Å². The molecule has 2 aliphatic rings. The highest BCUT2D eigenvalue weighted by Gasteiger charge is 2.19. The third-order valence-electron chi connectivity index (χ3n) is 4.22. The fraction of sp³-hybridized carbons (Fsp3) is 0.562. The molecular formula is C16H22ClN3O. The molecule has 0 aliphatic carbocycles. The predicted octanol–water partition coefficient (Wildman–Crippen LogP) is 2.82. The summed E-state index contributed by atoms with van der Waals surface area (Å²) >= 11 is 6.17. The lowest BCUT2D eigenvalue weighted by atomic mass is 10.0. The van der Waals surface area contributed by atoms with E-state index in [4.69, 9.17) is 22.1 Å². The van der Waals surface area contributed by atoms with Crippen LogP contribution in [0.15, 0.2) is 17.1 Å². The Bertz CT molecular complexity index is 559. The van der Waals surface area contributed by atoms with Crippen molar-refractivity contribution in [2.75, 3.05) is 19.7 Å². The summed E-state index contributed by atoms with van der Waals surface area (Å²) < 4.78 is 5.70. The summed E-state index contributed by atoms with van der Waals surface area (Å²) in [5.41, 5.74) is 8.35. The highest BCUT2D eigenvalue weighted by molar-refractivity contribution is 6.30. The van der Waals surface area contributed by atoms with E-state index in [-0.39, 0.29) is 0 Å². The van der Waals surface area contributed by atoms with Gasteiger partial charge in [0.05, 0.1) is 13.2 Å². The van der Waals surface area contributed by atoms with E-state index in [9.17, 15) is 0 Å². The number of likely N-dealkylation sites (tertiary alicyclic amines) is 1. The molecule has 0 amide bonds. The van der Waals surface area contributed by atoms with Crippen LogP contribution in [-0.2, 0) is 13.0 Å². The number of fused-ring (bicyclic) bond motifs is 1. The number of nitrogens with two attached hydrogens (primary N) is 1. The predicted molar refractivity (Wildman–Crippen MR) is 85.9 cm³/mol. The number of halogens is 1. The second-order valence-electron chi connectivity index (χ2n) is 6.02. The first-order valence-electron chi connectivity index (χ1n) is 7.62. The maximum atomic E-state index is 6.17. The van der Waals surface area contributed by atoms with Gasteiger partial charge in [0.15, 0.2) is 5.96 Å². The van der Waals surface area contributed by atoms with Crippen molar-refractivity contribution in [3.8, 4) is 5.75 Å². The van der Waals surface area contributed by atoms with Gasteiger partial charge in [0.2, 0.25) is 0 Å². The largest absolute Gasteiger partial charge is 0.493 e. The third kappa shape index (κ3) is 3.26. The summed E-state index contributed by atoms with van der Waals surface area (Å²) in [6, 6.07) is 3.91. The van der Waals surface area contributed by atoms with Gasteiger partial charge in [0.25, 0.3) is 0 Å². The molecule has 2 aliphatic heterocycles. The fourth-order valence-electron chi connectivity index (χ4n) is 3.13. The summed E-state index contributed by atoms with van der Waals surface area (Å²) in [5, 5.41) is 0.745. The minimum absolute atomic E-state index is 0.527. The summed E-state index contributed by atoms with van der Waals surface area (Å²) in [6.45, 7) is 5.52. The normalized spacial score (nSPS) is 22.1. The van der Waals surface area contributed by atoms with Gasteiger partial charge in [-0.25, -0.2) is 4.99 Å². The number of nitrogens with zero attached hydrogens (tertiary/aromatic N) is 2. The molecule has 0 aromatic heterocycles. The molecule has 1 unspecified atom stereocenters.